The quantitative estimate of drug-likeness (QED) is 0.885. The number of nitrogens with zero attached hydrogens (tertiary/aromatic N) is 1. The molecule has 19 heavy (non-hydrogen) atoms. The first-order valence-corrected chi connectivity index (χ1v) is 7.48. The van der Waals surface area contributed by atoms with Crippen molar-refractivity contribution in [3.63, 3.8) is 0 Å². The van der Waals surface area contributed by atoms with Crippen molar-refractivity contribution in [1.29, 1.82) is 0 Å². The van der Waals surface area contributed by atoms with Gasteiger partial charge in [-0.2, -0.15) is 0 Å². The van der Waals surface area contributed by atoms with Crippen LogP contribution in [0.1, 0.15) is 38.3 Å². The number of pyridine rings is 1. The van der Waals surface area contributed by atoms with Crippen LogP contribution in [0.3, 0.4) is 0 Å². The maximum absolute atomic E-state index is 6.06. The van der Waals surface area contributed by atoms with Crippen molar-refractivity contribution >= 4 is 0 Å². The molecule has 1 aromatic heterocycles. The third kappa shape index (κ3) is 1.16. The van der Waals surface area contributed by atoms with E-state index in [-0.39, 0.29) is 0 Å². The summed E-state index contributed by atoms with van der Waals surface area (Å²) < 4.78 is 6.06. The van der Waals surface area contributed by atoms with Crippen LogP contribution in [-0.2, 0) is 12.0 Å². The second kappa shape index (κ2) is 3.51. The molecule has 2 saturated carbocycles. The van der Waals surface area contributed by atoms with Gasteiger partial charge in [0.05, 0.1) is 0 Å². The van der Waals surface area contributed by atoms with Crippen LogP contribution in [0.4, 0.5) is 0 Å². The fourth-order valence-corrected chi connectivity index (χ4v) is 5.05. The molecule has 1 aliphatic heterocycles. The van der Waals surface area contributed by atoms with E-state index in [2.05, 4.69) is 37.3 Å². The summed E-state index contributed by atoms with van der Waals surface area (Å²) in [4.78, 5) is 4.49. The van der Waals surface area contributed by atoms with E-state index in [0.29, 0.717) is 10.8 Å². The van der Waals surface area contributed by atoms with E-state index in [4.69, 9.17) is 4.74 Å². The number of hydrogen-bond donors (Lipinski definition) is 1. The summed E-state index contributed by atoms with van der Waals surface area (Å²) in [6, 6.07) is 0. The highest BCUT2D eigenvalue weighted by molar-refractivity contribution is 5.59. The molecule has 0 bridgehead atoms. The van der Waals surface area contributed by atoms with Crippen molar-refractivity contribution in [3.05, 3.63) is 23.5 Å². The van der Waals surface area contributed by atoms with Crippen LogP contribution in [0.15, 0.2) is 12.4 Å². The highest BCUT2D eigenvalue weighted by Crippen LogP contribution is 2.92. The fourth-order valence-electron chi connectivity index (χ4n) is 5.05. The Bertz CT molecular complexity index is 544. The molecule has 1 N–H and O–H groups in total. The summed E-state index contributed by atoms with van der Waals surface area (Å²) in [5.74, 6) is 2.77. The zero-order valence-corrected chi connectivity index (χ0v) is 12.0. The van der Waals surface area contributed by atoms with E-state index in [1.807, 2.05) is 6.20 Å². The van der Waals surface area contributed by atoms with Crippen molar-refractivity contribution in [1.82, 2.24) is 10.3 Å². The lowest BCUT2D eigenvalue weighted by atomic mass is 9.78. The van der Waals surface area contributed by atoms with E-state index in [1.165, 1.54) is 17.5 Å². The van der Waals surface area contributed by atoms with E-state index in [1.54, 1.807) is 0 Å². The third-order valence-corrected chi connectivity index (χ3v) is 6.14. The molecule has 4 rings (SSSR count). The highest BCUT2D eigenvalue weighted by Gasteiger charge is 2.91. The molecular formula is C16H22N2O. The van der Waals surface area contributed by atoms with Gasteiger partial charge in [0, 0.05) is 42.0 Å². The lowest BCUT2D eigenvalue weighted by Crippen LogP contribution is -2.22. The van der Waals surface area contributed by atoms with Crippen molar-refractivity contribution in [3.8, 4) is 5.75 Å². The summed E-state index contributed by atoms with van der Waals surface area (Å²) in [5.41, 5.74) is 3.46. The van der Waals surface area contributed by atoms with Gasteiger partial charge in [0.15, 0.2) is 0 Å². The number of rotatable bonds is 2. The number of fused-ring (bicyclic) bond motifs is 2. The van der Waals surface area contributed by atoms with Crippen LogP contribution in [0.2, 0.25) is 0 Å². The van der Waals surface area contributed by atoms with Gasteiger partial charge in [-0.1, -0.05) is 20.8 Å². The summed E-state index contributed by atoms with van der Waals surface area (Å²) in [5, 5.41) is 3.40. The Balaban J connectivity index is 1.82. The molecule has 2 aliphatic carbocycles. The maximum Gasteiger partial charge on any atom is 0.130 e. The highest BCUT2D eigenvalue weighted by atomic mass is 16.5. The molecule has 0 radical (unpaired) electrons. The molecule has 2 heterocycles. The standard InChI is InChI=1S/C16H22N2O/c1-4-15(3)14-10(2)16(14,15)12-9-18-8-11-7-17-5-6-19-13(11)12/h8-10,14,17H,4-7H2,1-3H3. The Kier molecular flexibility index (Phi) is 2.17. The molecule has 2 fully saturated rings. The van der Waals surface area contributed by atoms with Gasteiger partial charge in [-0.3, -0.25) is 4.98 Å². The number of aromatic nitrogens is 1. The second-order valence-corrected chi connectivity index (χ2v) is 6.61. The molecule has 102 valence electrons. The minimum atomic E-state index is 0.366. The Hall–Kier alpha value is -1.09. The first-order valence-electron chi connectivity index (χ1n) is 7.48. The van der Waals surface area contributed by atoms with Gasteiger partial charge in [-0.05, 0) is 23.7 Å². The molecule has 0 spiro atoms. The minimum absolute atomic E-state index is 0.366. The van der Waals surface area contributed by atoms with Crippen molar-refractivity contribution in [2.75, 3.05) is 13.2 Å². The first-order chi connectivity index (χ1) is 9.18. The summed E-state index contributed by atoms with van der Waals surface area (Å²) in [6.45, 7) is 9.71. The van der Waals surface area contributed by atoms with Gasteiger partial charge < -0.3 is 10.1 Å². The molecule has 1 aromatic rings. The SMILES string of the molecule is CCC1(C)C2C(C)C21c1cncc2c1OCCNC2. The largest absolute Gasteiger partial charge is 0.491 e. The predicted molar refractivity (Wildman–Crippen MR) is 74.2 cm³/mol. The Morgan fingerprint density at radius 3 is 3.00 bits per heavy atom. The number of ether oxygens (including phenoxy) is 1. The van der Waals surface area contributed by atoms with Gasteiger partial charge in [-0.15, -0.1) is 0 Å². The number of nitrogens with one attached hydrogen (secondary N) is 1. The summed E-state index contributed by atoms with van der Waals surface area (Å²) >= 11 is 0. The molecule has 0 saturated heterocycles. The molecule has 0 aromatic carbocycles. The van der Waals surface area contributed by atoms with Crippen LogP contribution in [0.25, 0.3) is 0 Å². The summed E-state index contributed by atoms with van der Waals surface area (Å²) in [6.07, 6.45) is 5.28. The van der Waals surface area contributed by atoms with Crippen molar-refractivity contribution in [2.45, 2.75) is 39.2 Å². The monoisotopic (exact) mass is 258 g/mol. The average Bonchev–Trinajstić information content (AvgIpc) is 3.27. The Morgan fingerprint density at radius 1 is 1.47 bits per heavy atom. The molecular weight excluding hydrogens is 236 g/mol. The molecule has 0 amide bonds. The van der Waals surface area contributed by atoms with Gasteiger partial charge in [-0.25, -0.2) is 0 Å². The van der Waals surface area contributed by atoms with Crippen LogP contribution in [-0.4, -0.2) is 18.1 Å². The Morgan fingerprint density at radius 2 is 2.32 bits per heavy atom. The van der Waals surface area contributed by atoms with Gasteiger partial charge in [0.2, 0.25) is 0 Å². The van der Waals surface area contributed by atoms with Crippen LogP contribution in [0.5, 0.6) is 5.75 Å². The summed E-state index contributed by atoms with van der Waals surface area (Å²) in [7, 11) is 0. The topological polar surface area (TPSA) is 34.1 Å². The molecule has 4 atom stereocenters. The molecule has 3 nitrogen and oxygen atoms in total. The van der Waals surface area contributed by atoms with Crippen molar-refractivity contribution in [2.24, 2.45) is 17.3 Å². The molecule has 3 heteroatoms. The van der Waals surface area contributed by atoms with E-state index < -0.39 is 0 Å². The average molecular weight is 258 g/mol. The van der Waals surface area contributed by atoms with Gasteiger partial charge >= 0.3 is 0 Å². The van der Waals surface area contributed by atoms with Crippen molar-refractivity contribution < 1.29 is 4.74 Å². The van der Waals surface area contributed by atoms with Gasteiger partial charge in [0.25, 0.3) is 0 Å². The minimum Gasteiger partial charge on any atom is -0.491 e. The van der Waals surface area contributed by atoms with E-state index in [0.717, 1.165) is 37.3 Å². The van der Waals surface area contributed by atoms with Crippen LogP contribution in [0, 0.1) is 17.3 Å². The fraction of sp³-hybridized carbons (Fsp3) is 0.688. The van der Waals surface area contributed by atoms with Crippen LogP contribution < -0.4 is 10.1 Å². The Labute approximate surface area is 114 Å². The normalized spacial score (nSPS) is 42.7. The lowest BCUT2D eigenvalue weighted by molar-refractivity contribution is 0.286. The maximum atomic E-state index is 6.06. The first kappa shape index (κ1) is 11.7. The molecule has 3 aliphatic rings. The lowest BCUT2D eigenvalue weighted by Gasteiger charge is -2.27. The molecule has 4 unspecified atom stereocenters. The van der Waals surface area contributed by atoms with E-state index >= 15 is 0 Å². The van der Waals surface area contributed by atoms with Crippen LogP contribution >= 0.6 is 0 Å². The van der Waals surface area contributed by atoms with Gasteiger partial charge in [0.1, 0.15) is 12.4 Å². The smallest absolute Gasteiger partial charge is 0.130 e. The number of hydrogen-bond acceptors (Lipinski definition) is 3. The zero-order chi connectivity index (χ0) is 13.3. The second-order valence-electron chi connectivity index (χ2n) is 6.61. The predicted octanol–water partition coefficient (Wildman–Crippen LogP) is 2.50. The van der Waals surface area contributed by atoms with E-state index in [9.17, 15) is 0 Å². The zero-order valence-electron chi connectivity index (χ0n) is 12.0. The third-order valence-electron chi connectivity index (χ3n) is 6.14.